The molecule has 0 saturated carbocycles. The van der Waals surface area contributed by atoms with Crippen molar-refractivity contribution in [2.75, 3.05) is 18.8 Å². The molecule has 0 unspecified atom stereocenters. The highest BCUT2D eigenvalue weighted by Crippen LogP contribution is 2.13. The first-order valence-corrected chi connectivity index (χ1v) is 4.85. The minimum atomic E-state index is -0.460. The molecule has 1 heterocycles. The van der Waals surface area contributed by atoms with Gasteiger partial charge in [0.25, 0.3) is 5.91 Å². The molecule has 1 amide bonds. The molecule has 6 heteroatoms. The fourth-order valence-electron chi connectivity index (χ4n) is 1.30. The summed E-state index contributed by atoms with van der Waals surface area (Å²) in [5, 5.41) is 17.1. The first kappa shape index (κ1) is 12.5. The third-order valence-corrected chi connectivity index (χ3v) is 2.11. The average Bonchev–Trinajstić information content (AvgIpc) is 2.28. The van der Waals surface area contributed by atoms with Gasteiger partial charge in [-0.3, -0.25) is 9.78 Å². The predicted octanol–water partition coefficient (Wildman–Crippen LogP) is 0.462. The number of nitriles is 2. The molecule has 0 fully saturated rings. The van der Waals surface area contributed by atoms with Gasteiger partial charge in [0.1, 0.15) is 13.1 Å². The van der Waals surface area contributed by atoms with Crippen molar-refractivity contribution >= 4 is 11.6 Å². The van der Waals surface area contributed by atoms with Gasteiger partial charge >= 0.3 is 0 Å². The lowest BCUT2D eigenvalue weighted by Gasteiger charge is -2.16. The molecule has 0 aliphatic rings. The molecule has 0 saturated heterocycles. The minimum absolute atomic E-state index is 0.153. The van der Waals surface area contributed by atoms with Gasteiger partial charge in [0.05, 0.1) is 17.7 Å². The fraction of sp³-hybridized carbons (Fsp3) is 0.273. The minimum Gasteiger partial charge on any atom is -0.398 e. The van der Waals surface area contributed by atoms with E-state index in [1.807, 2.05) is 12.1 Å². The smallest absolute Gasteiger partial charge is 0.259 e. The maximum absolute atomic E-state index is 12.0. The number of nitrogens with zero attached hydrogens (tertiary/aromatic N) is 4. The van der Waals surface area contributed by atoms with Crippen molar-refractivity contribution in [1.29, 1.82) is 10.5 Å². The van der Waals surface area contributed by atoms with Gasteiger partial charge in [-0.15, -0.1) is 0 Å². The second-order valence-electron chi connectivity index (χ2n) is 3.39. The number of nitrogens with two attached hydrogens (primary N) is 1. The molecule has 6 nitrogen and oxygen atoms in total. The van der Waals surface area contributed by atoms with Crippen LogP contribution < -0.4 is 5.73 Å². The quantitative estimate of drug-likeness (QED) is 0.757. The highest BCUT2D eigenvalue weighted by atomic mass is 16.2. The Bertz CT molecular complexity index is 496. The first-order chi connectivity index (χ1) is 8.10. The topological polar surface area (TPSA) is 107 Å². The van der Waals surface area contributed by atoms with E-state index in [9.17, 15) is 4.79 Å². The highest BCUT2D eigenvalue weighted by molar-refractivity contribution is 5.99. The van der Waals surface area contributed by atoms with Crippen molar-refractivity contribution in [1.82, 2.24) is 9.88 Å². The van der Waals surface area contributed by atoms with Gasteiger partial charge in [-0.25, -0.2) is 0 Å². The van der Waals surface area contributed by atoms with Gasteiger partial charge in [-0.1, -0.05) is 0 Å². The zero-order valence-electron chi connectivity index (χ0n) is 9.34. The Balaban J connectivity index is 3.02. The standard InChI is InChI=1S/C11H11N5O/c1-8-6-10(14)9(7-15-8)11(17)16(4-2-12)5-3-13/h6-7H,4-5H2,1H3,(H2,14,15). The molecule has 0 radical (unpaired) electrons. The number of anilines is 1. The summed E-state index contributed by atoms with van der Waals surface area (Å²) in [6, 6.07) is 5.23. The Kier molecular flexibility index (Phi) is 4.02. The van der Waals surface area contributed by atoms with Crippen LogP contribution >= 0.6 is 0 Å². The van der Waals surface area contributed by atoms with Crippen LogP contribution in [-0.2, 0) is 0 Å². The van der Waals surface area contributed by atoms with E-state index >= 15 is 0 Å². The molecule has 1 aromatic rings. The Morgan fingerprint density at radius 2 is 2.06 bits per heavy atom. The monoisotopic (exact) mass is 229 g/mol. The van der Waals surface area contributed by atoms with E-state index in [1.54, 1.807) is 13.0 Å². The molecule has 1 aromatic heterocycles. The highest BCUT2D eigenvalue weighted by Gasteiger charge is 2.18. The second kappa shape index (κ2) is 5.47. The first-order valence-electron chi connectivity index (χ1n) is 4.85. The van der Waals surface area contributed by atoms with Crippen LogP contribution in [-0.4, -0.2) is 28.9 Å². The van der Waals surface area contributed by atoms with E-state index in [1.165, 1.54) is 6.20 Å². The van der Waals surface area contributed by atoms with Gasteiger partial charge in [-0.2, -0.15) is 10.5 Å². The van der Waals surface area contributed by atoms with Crippen molar-refractivity contribution in [2.45, 2.75) is 6.92 Å². The van der Waals surface area contributed by atoms with Crippen molar-refractivity contribution in [3.8, 4) is 12.1 Å². The van der Waals surface area contributed by atoms with Gasteiger partial charge in [0, 0.05) is 17.6 Å². The summed E-state index contributed by atoms with van der Waals surface area (Å²) in [7, 11) is 0. The van der Waals surface area contributed by atoms with Crippen LogP contribution in [0.3, 0.4) is 0 Å². The number of carbonyl (C=O) groups is 1. The van der Waals surface area contributed by atoms with Crippen molar-refractivity contribution in [3.05, 3.63) is 23.5 Å². The van der Waals surface area contributed by atoms with Crippen molar-refractivity contribution < 1.29 is 4.79 Å². The number of hydrogen-bond acceptors (Lipinski definition) is 5. The number of aromatic nitrogens is 1. The average molecular weight is 229 g/mol. The molecular weight excluding hydrogens is 218 g/mol. The molecule has 0 atom stereocenters. The maximum Gasteiger partial charge on any atom is 0.259 e. The molecule has 0 spiro atoms. The van der Waals surface area contributed by atoms with Crippen LogP contribution in [0.5, 0.6) is 0 Å². The lowest BCUT2D eigenvalue weighted by Crippen LogP contribution is -2.32. The van der Waals surface area contributed by atoms with E-state index in [4.69, 9.17) is 16.3 Å². The molecule has 0 aliphatic heterocycles. The lowest BCUT2D eigenvalue weighted by molar-refractivity contribution is 0.0795. The number of pyridine rings is 1. The van der Waals surface area contributed by atoms with E-state index < -0.39 is 5.91 Å². The molecule has 1 rings (SSSR count). The second-order valence-corrected chi connectivity index (χ2v) is 3.39. The normalized spacial score (nSPS) is 9.12. The molecule has 0 bridgehead atoms. The molecule has 2 N–H and O–H groups in total. The summed E-state index contributed by atoms with van der Waals surface area (Å²) < 4.78 is 0. The van der Waals surface area contributed by atoms with Crippen LogP contribution in [0.15, 0.2) is 12.3 Å². The number of amides is 1. The Labute approximate surface area is 98.9 Å². The summed E-state index contributed by atoms with van der Waals surface area (Å²) in [6.45, 7) is 1.45. The third-order valence-electron chi connectivity index (χ3n) is 2.11. The van der Waals surface area contributed by atoms with Crippen molar-refractivity contribution in [3.63, 3.8) is 0 Å². The Morgan fingerprint density at radius 3 is 2.53 bits per heavy atom. The Morgan fingerprint density at radius 1 is 1.47 bits per heavy atom. The Hall–Kier alpha value is -2.60. The van der Waals surface area contributed by atoms with Crippen LogP contribution in [0.25, 0.3) is 0 Å². The third kappa shape index (κ3) is 2.93. The molecule has 0 aliphatic carbocycles. The summed E-state index contributed by atoms with van der Waals surface area (Å²) in [6.07, 6.45) is 1.36. The lowest BCUT2D eigenvalue weighted by atomic mass is 10.2. The van der Waals surface area contributed by atoms with E-state index in [2.05, 4.69) is 4.98 Å². The SMILES string of the molecule is Cc1cc(N)c(C(=O)N(CC#N)CC#N)cn1. The molecule has 86 valence electrons. The van der Waals surface area contributed by atoms with Crippen LogP contribution in [0, 0.1) is 29.6 Å². The van der Waals surface area contributed by atoms with Crippen LogP contribution in [0.2, 0.25) is 0 Å². The summed E-state index contributed by atoms with van der Waals surface area (Å²) in [5.74, 6) is -0.460. The van der Waals surface area contributed by atoms with Gasteiger partial charge in [0.2, 0.25) is 0 Å². The van der Waals surface area contributed by atoms with Gasteiger partial charge in [0.15, 0.2) is 0 Å². The zero-order valence-corrected chi connectivity index (χ0v) is 9.34. The van der Waals surface area contributed by atoms with E-state index in [-0.39, 0.29) is 18.7 Å². The number of nitrogen functional groups attached to an aromatic ring is 1. The number of hydrogen-bond donors (Lipinski definition) is 1. The molecular formula is C11H11N5O. The van der Waals surface area contributed by atoms with E-state index in [0.717, 1.165) is 4.90 Å². The summed E-state index contributed by atoms with van der Waals surface area (Å²) in [4.78, 5) is 17.0. The number of aryl methyl sites for hydroxylation is 1. The van der Waals surface area contributed by atoms with Gasteiger partial charge in [-0.05, 0) is 13.0 Å². The maximum atomic E-state index is 12.0. The molecule has 17 heavy (non-hydrogen) atoms. The zero-order chi connectivity index (χ0) is 12.8. The van der Waals surface area contributed by atoms with Crippen LogP contribution in [0.1, 0.15) is 16.1 Å². The number of rotatable bonds is 3. The largest absolute Gasteiger partial charge is 0.398 e. The predicted molar refractivity (Wildman–Crippen MR) is 60.5 cm³/mol. The van der Waals surface area contributed by atoms with E-state index in [0.29, 0.717) is 11.4 Å². The van der Waals surface area contributed by atoms with Gasteiger partial charge < -0.3 is 10.6 Å². The molecule has 0 aromatic carbocycles. The number of carbonyl (C=O) groups excluding carboxylic acids is 1. The van der Waals surface area contributed by atoms with Crippen LogP contribution in [0.4, 0.5) is 5.69 Å². The van der Waals surface area contributed by atoms with Crippen molar-refractivity contribution in [2.24, 2.45) is 0 Å². The summed E-state index contributed by atoms with van der Waals surface area (Å²) >= 11 is 0. The fourth-order valence-corrected chi connectivity index (χ4v) is 1.30. The summed E-state index contributed by atoms with van der Waals surface area (Å²) in [5.41, 5.74) is 6.90.